The third kappa shape index (κ3) is 3.33. The monoisotopic (exact) mass is 290 g/mol. The fourth-order valence-electron chi connectivity index (χ4n) is 1.69. The number of anilines is 2. The molecular weight excluding hydrogens is 272 g/mol. The Kier molecular flexibility index (Phi) is 4.68. The lowest BCUT2D eigenvalue weighted by Crippen LogP contribution is -2.18. The summed E-state index contributed by atoms with van der Waals surface area (Å²) in [5, 5.41) is 9.77. The molecule has 0 aliphatic carbocycles. The summed E-state index contributed by atoms with van der Waals surface area (Å²) in [6.07, 6.45) is 1.67. The standard InChI is InChI=1S/C14H18N4OS/c1-4-15-11-7-16-13(9(2)3)18-12(11)14(19)17-10-5-6-20-8-10/h5-9,15H,4H2,1-3H3,(H,17,19). The summed E-state index contributed by atoms with van der Waals surface area (Å²) in [5.41, 5.74) is 1.83. The molecule has 0 bridgehead atoms. The van der Waals surface area contributed by atoms with E-state index in [2.05, 4.69) is 20.6 Å². The minimum Gasteiger partial charge on any atom is -0.382 e. The number of nitrogens with one attached hydrogen (secondary N) is 2. The van der Waals surface area contributed by atoms with Crippen LogP contribution in [-0.4, -0.2) is 22.4 Å². The molecule has 0 fully saturated rings. The number of hydrogen-bond acceptors (Lipinski definition) is 5. The van der Waals surface area contributed by atoms with E-state index < -0.39 is 0 Å². The van der Waals surface area contributed by atoms with Crippen LogP contribution in [0.3, 0.4) is 0 Å². The number of rotatable bonds is 5. The first-order valence-electron chi connectivity index (χ1n) is 6.56. The largest absolute Gasteiger partial charge is 0.382 e. The highest BCUT2D eigenvalue weighted by Crippen LogP contribution is 2.19. The van der Waals surface area contributed by atoms with Crippen LogP contribution in [0.4, 0.5) is 11.4 Å². The van der Waals surface area contributed by atoms with E-state index in [0.717, 1.165) is 5.69 Å². The Morgan fingerprint density at radius 2 is 2.25 bits per heavy atom. The first-order valence-corrected chi connectivity index (χ1v) is 7.50. The van der Waals surface area contributed by atoms with Gasteiger partial charge in [-0.25, -0.2) is 9.97 Å². The summed E-state index contributed by atoms with van der Waals surface area (Å²) in [6.45, 7) is 6.69. The highest BCUT2D eigenvalue weighted by molar-refractivity contribution is 7.08. The summed E-state index contributed by atoms with van der Waals surface area (Å²) < 4.78 is 0. The summed E-state index contributed by atoms with van der Waals surface area (Å²) in [7, 11) is 0. The first kappa shape index (κ1) is 14.5. The molecule has 0 aliphatic rings. The van der Waals surface area contributed by atoms with Crippen molar-refractivity contribution in [2.75, 3.05) is 17.2 Å². The Bertz CT molecular complexity index is 581. The average Bonchev–Trinajstić information content (AvgIpc) is 2.92. The normalized spacial score (nSPS) is 10.6. The molecule has 1 amide bonds. The Morgan fingerprint density at radius 1 is 1.45 bits per heavy atom. The van der Waals surface area contributed by atoms with Crippen LogP contribution in [0.1, 0.15) is 43.0 Å². The van der Waals surface area contributed by atoms with Crippen molar-refractivity contribution in [1.82, 2.24) is 9.97 Å². The van der Waals surface area contributed by atoms with Gasteiger partial charge < -0.3 is 10.6 Å². The molecular formula is C14H18N4OS. The number of carbonyl (C=O) groups excluding carboxylic acids is 1. The van der Waals surface area contributed by atoms with E-state index in [0.29, 0.717) is 23.8 Å². The minimum atomic E-state index is -0.219. The first-order chi connectivity index (χ1) is 9.61. The zero-order chi connectivity index (χ0) is 14.5. The zero-order valence-electron chi connectivity index (χ0n) is 11.8. The number of thiophene rings is 1. The molecule has 2 heterocycles. The predicted molar refractivity (Wildman–Crippen MR) is 82.6 cm³/mol. The van der Waals surface area contributed by atoms with Gasteiger partial charge in [0.1, 0.15) is 5.82 Å². The lowest BCUT2D eigenvalue weighted by molar-refractivity contribution is 0.102. The van der Waals surface area contributed by atoms with Gasteiger partial charge in [-0.15, -0.1) is 0 Å². The number of nitrogens with zero attached hydrogens (tertiary/aromatic N) is 2. The van der Waals surface area contributed by atoms with Gasteiger partial charge >= 0.3 is 0 Å². The fraction of sp³-hybridized carbons (Fsp3) is 0.357. The second-order valence-electron chi connectivity index (χ2n) is 4.64. The van der Waals surface area contributed by atoms with Gasteiger partial charge in [-0.1, -0.05) is 13.8 Å². The van der Waals surface area contributed by atoms with Crippen LogP contribution in [0, 0.1) is 0 Å². The fourth-order valence-corrected chi connectivity index (χ4v) is 2.28. The van der Waals surface area contributed by atoms with Gasteiger partial charge in [0, 0.05) is 17.8 Å². The molecule has 0 radical (unpaired) electrons. The lowest BCUT2D eigenvalue weighted by atomic mass is 10.2. The van der Waals surface area contributed by atoms with Crippen LogP contribution in [0.5, 0.6) is 0 Å². The Hall–Kier alpha value is -1.95. The molecule has 2 rings (SSSR count). The van der Waals surface area contributed by atoms with Crippen molar-refractivity contribution in [2.24, 2.45) is 0 Å². The molecule has 6 heteroatoms. The van der Waals surface area contributed by atoms with E-state index in [1.54, 1.807) is 6.20 Å². The maximum Gasteiger partial charge on any atom is 0.276 e. The van der Waals surface area contributed by atoms with Crippen molar-refractivity contribution in [2.45, 2.75) is 26.7 Å². The molecule has 2 aromatic heterocycles. The Balaban J connectivity index is 2.30. The number of hydrogen-bond donors (Lipinski definition) is 2. The molecule has 0 aliphatic heterocycles. The molecule has 0 saturated heterocycles. The zero-order valence-corrected chi connectivity index (χ0v) is 12.6. The van der Waals surface area contributed by atoms with Crippen molar-refractivity contribution in [3.8, 4) is 0 Å². The van der Waals surface area contributed by atoms with Crippen molar-refractivity contribution < 1.29 is 4.79 Å². The van der Waals surface area contributed by atoms with Crippen LogP contribution >= 0.6 is 11.3 Å². The average molecular weight is 290 g/mol. The van der Waals surface area contributed by atoms with Crippen molar-refractivity contribution in [3.63, 3.8) is 0 Å². The second kappa shape index (κ2) is 6.47. The third-order valence-corrected chi connectivity index (χ3v) is 3.37. The second-order valence-corrected chi connectivity index (χ2v) is 5.42. The molecule has 0 unspecified atom stereocenters. The molecule has 5 nitrogen and oxygen atoms in total. The van der Waals surface area contributed by atoms with Gasteiger partial charge in [0.15, 0.2) is 5.69 Å². The Morgan fingerprint density at radius 3 is 2.85 bits per heavy atom. The van der Waals surface area contributed by atoms with Crippen LogP contribution in [0.15, 0.2) is 23.0 Å². The van der Waals surface area contributed by atoms with Gasteiger partial charge in [-0.3, -0.25) is 4.79 Å². The van der Waals surface area contributed by atoms with Gasteiger partial charge in [-0.05, 0) is 18.4 Å². The number of amides is 1. The summed E-state index contributed by atoms with van der Waals surface area (Å²) in [6, 6.07) is 1.86. The van der Waals surface area contributed by atoms with E-state index in [1.165, 1.54) is 11.3 Å². The number of carbonyl (C=O) groups is 1. The maximum atomic E-state index is 12.3. The van der Waals surface area contributed by atoms with Crippen LogP contribution in [0.25, 0.3) is 0 Å². The highest BCUT2D eigenvalue weighted by atomic mass is 32.1. The molecule has 2 aromatic rings. The summed E-state index contributed by atoms with van der Waals surface area (Å²) in [5.74, 6) is 0.629. The topological polar surface area (TPSA) is 66.9 Å². The van der Waals surface area contributed by atoms with Crippen molar-refractivity contribution in [3.05, 3.63) is 34.5 Å². The smallest absolute Gasteiger partial charge is 0.276 e. The van der Waals surface area contributed by atoms with E-state index in [1.807, 2.05) is 37.6 Å². The van der Waals surface area contributed by atoms with Crippen molar-refractivity contribution in [1.29, 1.82) is 0 Å². The Labute approximate surface area is 122 Å². The van der Waals surface area contributed by atoms with Gasteiger partial charge in [0.25, 0.3) is 5.91 Å². The summed E-state index contributed by atoms with van der Waals surface area (Å²) in [4.78, 5) is 21.0. The predicted octanol–water partition coefficient (Wildman–Crippen LogP) is 3.35. The molecule has 0 atom stereocenters. The van der Waals surface area contributed by atoms with E-state index in [9.17, 15) is 4.79 Å². The quantitative estimate of drug-likeness (QED) is 0.886. The molecule has 0 saturated carbocycles. The maximum absolute atomic E-state index is 12.3. The molecule has 20 heavy (non-hydrogen) atoms. The molecule has 0 aromatic carbocycles. The minimum absolute atomic E-state index is 0.179. The highest BCUT2D eigenvalue weighted by Gasteiger charge is 2.16. The molecule has 0 spiro atoms. The van der Waals surface area contributed by atoms with Crippen LogP contribution in [0.2, 0.25) is 0 Å². The lowest BCUT2D eigenvalue weighted by Gasteiger charge is -2.12. The van der Waals surface area contributed by atoms with E-state index in [4.69, 9.17) is 0 Å². The third-order valence-electron chi connectivity index (χ3n) is 2.69. The van der Waals surface area contributed by atoms with Crippen LogP contribution < -0.4 is 10.6 Å². The van der Waals surface area contributed by atoms with Crippen LogP contribution in [-0.2, 0) is 0 Å². The SMILES string of the molecule is CCNc1cnc(C(C)C)nc1C(=O)Nc1ccsc1. The number of aromatic nitrogens is 2. The van der Waals surface area contributed by atoms with Gasteiger partial charge in [0.2, 0.25) is 0 Å². The van der Waals surface area contributed by atoms with E-state index in [-0.39, 0.29) is 11.8 Å². The summed E-state index contributed by atoms with van der Waals surface area (Å²) >= 11 is 1.54. The van der Waals surface area contributed by atoms with Crippen molar-refractivity contribution >= 4 is 28.6 Å². The van der Waals surface area contributed by atoms with Gasteiger partial charge in [0.05, 0.1) is 17.6 Å². The van der Waals surface area contributed by atoms with Gasteiger partial charge in [-0.2, -0.15) is 11.3 Å². The molecule has 106 valence electrons. The van der Waals surface area contributed by atoms with E-state index >= 15 is 0 Å². The molecule has 2 N–H and O–H groups in total.